The Kier molecular flexibility index (Phi) is 5.83. The van der Waals surface area contributed by atoms with Gasteiger partial charge < -0.3 is 5.32 Å². The third-order valence-electron chi connectivity index (χ3n) is 3.93. The van der Waals surface area contributed by atoms with Gasteiger partial charge in [-0.1, -0.05) is 42.1 Å². The molecular weight excluding hydrogens is 305 g/mol. The SMILES string of the molecule is CCCNC(Cc1cc(F)cc(Br)c1)CC1CCC1. The van der Waals surface area contributed by atoms with E-state index in [1.165, 1.54) is 31.7 Å². The summed E-state index contributed by atoms with van der Waals surface area (Å²) in [5.41, 5.74) is 1.08. The monoisotopic (exact) mass is 327 g/mol. The van der Waals surface area contributed by atoms with Crippen molar-refractivity contribution < 1.29 is 4.39 Å². The molecule has 1 aliphatic carbocycles. The Bertz CT molecular complexity index is 383. The van der Waals surface area contributed by atoms with Crippen molar-refractivity contribution >= 4 is 15.9 Å². The Hall–Kier alpha value is -0.410. The van der Waals surface area contributed by atoms with E-state index in [0.29, 0.717) is 6.04 Å². The molecule has 19 heavy (non-hydrogen) atoms. The lowest BCUT2D eigenvalue weighted by atomic mass is 9.80. The lowest BCUT2D eigenvalue weighted by Gasteiger charge is -2.30. The minimum atomic E-state index is -0.151. The maximum absolute atomic E-state index is 13.4. The Morgan fingerprint density at radius 2 is 2.16 bits per heavy atom. The van der Waals surface area contributed by atoms with Gasteiger partial charge in [0.15, 0.2) is 0 Å². The quantitative estimate of drug-likeness (QED) is 0.766. The average molecular weight is 328 g/mol. The lowest BCUT2D eigenvalue weighted by Crippen LogP contribution is -2.35. The Labute approximate surface area is 124 Å². The zero-order valence-electron chi connectivity index (χ0n) is 11.6. The van der Waals surface area contributed by atoms with Gasteiger partial charge in [-0.05, 0) is 55.5 Å². The molecule has 0 spiro atoms. The van der Waals surface area contributed by atoms with Crippen molar-refractivity contribution in [1.29, 1.82) is 0 Å². The number of benzene rings is 1. The van der Waals surface area contributed by atoms with Crippen LogP contribution < -0.4 is 5.32 Å². The molecule has 1 N–H and O–H groups in total. The summed E-state index contributed by atoms with van der Waals surface area (Å²) in [6.07, 6.45) is 7.43. The molecule has 1 saturated carbocycles. The van der Waals surface area contributed by atoms with Crippen molar-refractivity contribution in [1.82, 2.24) is 5.32 Å². The van der Waals surface area contributed by atoms with Crippen molar-refractivity contribution in [2.24, 2.45) is 5.92 Å². The van der Waals surface area contributed by atoms with Crippen LogP contribution >= 0.6 is 15.9 Å². The first kappa shape index (κ1) is 15.0. The number of hydrogen-bond donors (Lipinski definition) is 1. The number of nitrogens with one attached hydrogen (secondary N) is 1. The van der Waals surface area contributed by atoms with Gasteiger partial charge in [0.05, 0.1) is 0 Å². The molecule has 1 aromatic carbocycles. The first-order valence-electron chi connectivity index (χ1n) is 7.35. The van der Waals surface area contributed by atoms with Crippen LogP contribution in [0.5, 0.6) is 0 Å². The lowest BCUT2D eigenvalue weighted by molar-refractivity contribution is 0.259. The van der Waals surface area contributed by atoms with Crippen molar-refractivity contribution in [2.75, 3.05) is 6.54 Å². The van der Waals surface area contributed by atoms with Crippen LogP contribution in [-0.2, 0) is 6.42 Å². The van der Waals surface area contributed by atoms with Gasteiger partial charge in [0.1, 0.15) is 5.82 Å². The first-order chi connectivity index (χ1) is 9.17. The third kappa shape index (κ3) is 4.88. The van der Waals surface area contributed by atoms with Crippen molar-refractivity contribution in [3.63, 3.8) is 0 Å². The number of rotatable bonds is 7. The second-order valence-corrected chi connectivity index (χ2v) is 6.58. The zero-order valence-corrected chi connectivity index (χ0v) is 13.2. The number of hydrogen-bond acceptors (Lipinski definition) is 1. The van der Waals surface area contributed by atoms with Crippen LogP contribution in [0.2, 0.25) is 0 Å². The fraction of sp³-hybridized carbons (Fsp3) is 0.625. The fourth-order valence-corrected chi connectivity index (χ4v) is 3.24. The van der Waals surface area contributed by atoms with Crippen LogP contribution in [0.15, 0.2) is 22.7 Å². The predicted octanol–water partition coefficient (Wildman–Crippen LogP) is 4.69. The molecule has 1 aromatic rings. The highest BCUT2D eigenvalue weighted by Crippen LogP contribution is 2.31. The Morgan fingerprint density at radius 3 is 2.74 bits per heavy atom. The van der Waals surface area contributed by atoms with E-state index in [9.17, 15) is 4.39 Å². The molecule has 1 atom stereocenters. The largest absolute Gasteiger partial charge is 0.314 e. The van der Waals surface area contributed by atoms with Gasteiger partial charge in [0.25, 0.3) is 0 Å². The van der Waals surface area contributed by atoms with Gasteiger partial charge in [-0.3, -0.25) is 0 Å². The summed E-state index contributed by atoms with van der Waals surface area (Å²) in [5.74, 6) is 0.730. The maximum atomic E-state index is 13.4. The Balaban J connectivity index is 1.96. The van der Waals surface area contributed by atoms with Crippen LogP contribution in [-0.4, -0.2) is 12.6 Å². The molecule has 1 unspecified atom stereocenters. The molecule has 0 saturated heterocycles. The molecule has 106 valence electrons. The standard InChI is InChI=1S/C16H23BrFN/c1-2-6-19-16(9-12-4-3-5-12)10-13-7-14(17)11-15(18)8-13/h7-8,11-12,16,19H,2-6,9-10H2,1H3. The van der Waals surface area contributed by atoms with Crippen LogP contribution in [0.1, 0.15) is 44.6 Å². The topological polar surface area (TPSA) is 12.0 Å². The van der Waals surface area contributed by atoms with E-state index in [2.05, 4.69) is 28.2 Å². The highest BCUT2D eigenvalue weighted by molar-refractivity contribution is 9.10. The van der Waals surface area contributed by atoms with Crippen LogP contribution in [0.25, 0.3) is 0 Å². The molecule has 0 bridgehead atoms. The second kappa shape index (κ2) is 7.39. The summed E-state index contributed by atoms with van der Waals surface area (Å²) in [6.45, 7) is 3.24. The van der Waals surface area contributed by atoms with Crippen molar-refractivity contribution in [3.05, 3.63) is 34.1 Å². The third-order valence-corrected chi connectivity index (χ3v) is 4.39. The summed E-state index contributed by atoms with van der Waals surface area (Å²) in [6, 6.07) is 5.69. The summed E-state index contributed by atoms with van der Waals surface area (Å²) < 4.78 is 14.3. The van der Waals surface area contributed by atoms with Crippen molar-refractivity contribution in [2.45, 2.75) is 51.5 Å². The van der Waals surface area contributed by atoms with E-state index >= 15 is 0 Å². The van der Waals surface area contributed by atoms with Gasteiger partial charge in [0, 0.05) is 10.5 Å². The minimum Gasteiger partial charge on any atom is -0.314 e. The van der Waals surface area contributed by atoms with E-state index in [4.69, 9.17) is 0 Å². The van der Waals surface area contributed by atoms with Gasteiger partial charge in [-0.25, -0.2) is 4.39 Å². The van der Waals surface area contributed by atoms with Gasteiger partial charge in [-0.2, -0.15) is 0 Å². The first-order valence-corrected chi connectivity index (χ1v) is 8.15. The van der Waals surface area contributed by atoms with E-state index in [0.717, 1.165) is 35.3 Å². The fourth-order valence-electron chi connectivity index (χ4n) is 2.73. The molecule has 1 fully saturated rings. The predicted molar refractivity (Wildman–Crippen MR) is 81.8 cm³/mol. The molecule has 0 amide bonds. The van der Waals surface area contributed by atoms with E-state index in [1.807, 2.05) is 6.07 Å². The normalized spacial score (nSPS) is 17.2. The zero-order chi connectivity index (χ0) is 13.7. The Morgan fingerprint density at radius 1 is 1.37 bits per heavy atom. The average Bonchev–Trinajstić information content (AvgIpc) is 2.29. The summed E-state index contributed by atoms with van der Waals surface area (Å²) in [5, 5.41) is 3.62. The molecule has 1 nitrogen and oxygen atoms in total. The van der Waals surface area contributed by atoms with Crippen LogP contribution in [0.4, 0.5) is 4.39 Å². The van der Waals surface area contributed by atoms with E-state index < -0.39 is 0 Å². The van der Waals surface area contributed by atoms with E-state index in [-0.39, 0.29) is 5.82 Å². The van der Waals surface area contributed by atoms with E-state index in [1.54, 1.807) is 6.07 Å². The molecule has 0 radical (unpaired) electrons. The van der Waals surface area contributed by atoms with Crippen LogP contribution in [0, 0.1) is 11.7 Å². The maximum Gasteiger partial charge on any atom is 0.124 e. The van der Waals surface area contributed by atoms with Gasteiger partial charge in [0.2, 0.25) is 0 Å². The van der Waals surface area contributed by atoms with Crippen LogP contribution in [0.3, 0.4) is 0 Å². The second-order valence-electron chi connectivity index (χ2n) is 5.67. The molecule has 3 heteroatoms. The summed E-state index contributed by atoms with van der Waals surface area (Å²) in [4.78, 5) is 0. The van der Waals surface area contributed by atoms with Gasteiger partial charge in [-0.15, -0.1) is 0 Å². The highest BCUT2D eigenvalue weighted by atomic mass is 79.9. The summed E-state index contributed by atoms with van der Waals surface area (Å²) in [7, 11) is 0. The molecule has 1 aliphatic rings. The molecular formula is C16H23BrFN. The summed E-state index contributed by atoms with van der Waals surface area (Å²) >= 11 is 3.37. The molecule has 0 heterocycles. The smallest absolute Gasteiger partial charge is 0.124 e. The highest BCUT2D eigenvalue weighted by Gasteiger charge is 2.22. The number of halogens is 2. The molecule has 0 aliphatic heterocycles. The molecule has 2 rings (SSSR count). The molecule has 0 aromatic heterocycles. The van der Waals surface area contributed by atoms with Gasteiger partial charge >= 0.3 is 0 Å². The van der Waals surface area contributed by atoms with Crippen molar-refractivity contribution in [3.8, 4) is 0 Å². The minimum absolute atomic E-state index is 0.151.